The van der Waals surface area contributed by atoms with Crippen molar-refractivity contribution < 1.29 is 19.1 Å². The lowest BCUT2D eigenvalue weighted by Crippen LogP contribution is -2.32. The predicted molar refractivity (Wildman–Crippen MR) is 111 cm³/mol. The number of fused-ring (bicyclic) bond motifs is 1. The third-order valence-corrected chi connectivity index (χ3v) is 5.16. The smallest absolute Gasteiger partial charge is 0.321 e. The molecule has 2 aliphatic heterocycles. The fraction of sp³-hybridized carbons (Fsp3) is 0.333. The van der Waals surface area contributed by atoms with Gasteiger partial charge in [0.05, 0.1) is 29.6 Å². The van der Waals surface area contributed by atoms with Crippen LogP contribution in [0, 0.1) is 0 Å². The quantitative estimate of drug-likeness (QED) is 0.779. The van der Waals surface area contributed by atoms with Crippen LogP contribution < -0.4 is 20.1 Å². The number of halogens is 1. The summed E-state index contributed by atoms with van der Waals surface area (Å²) < 4.78 is 11.3. The maximum atomic E-state index is 12.8. The van der Waals surface area contributed by atoms with Gasteiger partial charge in [0.1, 0.15) is 0 Å². The molecule has 4 rings (SSSR count). The van der Waals surface area contributed by atoms with Crippen LogP contribution in [-0.2, 0) is 0 Å². The number of rotatable bonds is 3. The molecule has 0 saturated carbocycles. The van der Waals surface area contributed by atoms with Crippen LogP contribution in [0.2, 0.25) is 5.02 Å². The Kier molecular flexibility index (Phi) is 5.76. The van der Waals surface area contributed by atoms with Crippen LogP contribution in [0.25, 0.3) is 0 Å². The number of nitrogens with one attached hydrogen (secondary N) is 2. The number of nitrogens with zero attached hydrogens (tertiary/aromatic N) is 1. The first kappa shape index (κ1) is 19.4. The van der Waals surface area contributed by atoms with Gasteiger partial charge in [0.15, 0.2) is 11.5 Å². The Morgan fingerprint density at radius 1 is 0.931 bits per heavy atom. The van der Waals surface area contributed by atoms with Crippen LogP contribution in [0.1, 0.15) is 29.6 Å². The summed E-state index contributed by atoms with van der Waals surface area (Å²) in [6, 6.07) is 10.1. The summed E-state index contributed by atoms with van der Waals surface area (Å²) in [4.78, 5) is 27.0. The molecular weight excluding hydrogens is 394 g/mol. The molecule has 2 aromatic rings. The van der Waals surface area contributed by atoms with Gasteiger partial charge in [0, 0.05) is 25.1 Å². The topological polar surface area (TPSA) is 79.9 Å². The van der Waals surface area contributed by atoms with Crippen molar-refractivity contribution in [1.29, 1.82) is 0 Å². The van der Waals surface area contributed by atoms with Crippen molar-refractivity contribution in [2.75, 3.05) is 36.9 Å². The Labute approximate surface area is 173 Å². The van der Waals surface area contributed by atoms with Gasteiger partial charge in [-0.2, -0.15) is 0 Å². The third kappa shape index (κ3) is 4.40. The van der Waals surface area contributed by atoms with E-state index in [2.05, 4.69) is 10.6 Å². The van der Waals surface area contributed by atoms with E-state index >= 15 is 0 Å². The molecule has 2 heterocycles. The Hall–Kier alpha value is -2.93. The van der Waals surface area contributed by atoms with Gasteiger partial charge >= 0.3 is 6.03 Å². The highest BCUT2D eigenvalue weighted by Crippen LogP contribution is 2.38. The zero-order valence-corrected chi connectivity index (χ0v) is 16.6. The molecule has 0 aliphatic carbocycles. The normalized spacial score (nSPS) is 15.6. The monoisotopic (exact) mass is 415 g/mol. The molecule has 0 radical (unpaired) electrons. The molecule has 0 unspecified atom stereocenters. The fourth-order valence-electron chi connectivity index (χ4n) is 3.37. The van der Waals surface area contributed by atoms with Crippen molar-refractivity contribution in [2.24, 2.45) is 0 Å². The molecule has 2 aliphatic rings. The third-order valence-electron chi connectivity index (χ3n) is 4.87. The summed E-state index contributed by atoms with van der Waals surface area (Å²) in [6.07, 6.45) is 2.77. The summed E-state index contributed by atoms with van der Waals surface area (Å²) in [5, 5.41) is 6.05. The summed E-state index contributed by atoms with van der Waals surface area (Å²) in [6.45, 7) is 2.51. The van der Waals surface area contributed by atoms with Gasteiger partial charge in [0.2, 0.25) is 0 Å². The number of carbonyl (C=O) groups excluding carboxylic acids is 2. The van der Waals surface area contributed by atoms with Crippen molar-refractivity contribution in [3.05, 3.63) is 47.0 Å². The van der Waals surface area contributed by atoms with Gasteiger partial charge in [-0.1, -0.05) is 23.7 Å². The Morgan fingerprint density at radius 2 is 1.62 bits per heavy atom. The highest BCUT2D eigenvalue weighted by Gasteiger charge is 2.21. The molecule has 7 nitrogen and oxygen atoms in total. The largest absolute Gasteiger partial charge is 0.489 e. The van der Waals surface area contributed by atoms with Gasteiger partial charge in [-0.05, 0) is 37.1 Å². The number of benzene rings is 2. The lowest BCUT2D eigenvalue weighted by Gasteiger charge is -2.18. The highest BCUT2D eigenvalue weighted by atomic mass is 35.5. The van der Waals surface area contributed by atoms with E-state index in [-0.39, 0.29) is 11.9 Å². The van der Waals surface area contributed by atoms with Crippen molar-refractivity contribution in [3.63, 3.8) is 0 Å². The summed E-state index contributed by atoms with van der Waals surface area (Å²) in [7, 11) is 0. The van der Waals surface area contributed by atoms with E-state index in [1.54, 1.807) is 41.3 Å². The van der Waals surface area contributed by atoms with Crippen molar-refractivity contribution in [2.45, 2.75) is 19.3 Å². The molecule has 2 aromatic carbocycles. The number of ether oxygens (including phenoxy) is 2. The van der Waals surface area contributed by atoms with Gasteiger partial charge in [-0.15, -0.1) is 0 Å². The van der Waals surface area contributed by atoms with E-state index in [1.165, 1.54) is 0 Å². The molecule has 0 spiro atoms. The molecule has 3 amide bonds. The number of anilines is 2. The number of para-hydroxylation sites is 2. The molecule has 29 heavy (non-hydrogen) atoms. The number of urea groups is 1. The van der Waals surface area contributed by atoms with Gasteiger partial charge in [-0.3, -0.25) is 4.79 Å². The summed E-state index contributed by atoms with van der Waals surface area (Å²) >= 11 is 6.29. The molecule has 0 aromatic heterocycles. The van der Waals surface area contributed by atoms with E-state index in [1.807, 2.05) is 0 Å². The molecule has 0 atom stereocenters. The Morgan fingerprint density at radius 3 is 2.38 bits per heavy atom. The second-order valence-electron chi connectivity index (χ2n) is 6.96. The van der Waals surface area contributed by atoms with Crippen LogP contribution in [0.5, 0.6) is 11.5 Å². The summed E-state index contributed by atoms with van der Waals surface area (Å²) in [5.74, 6) is 0.556. The minimum atomic E-state index is -0.356. The standard InChI is InChI=1S/C21H22ClN3O4/c22-15-12-14(13-18-19(15)29-11-5-10-28-18)20(26)23-16-6-1-2-7-17(16)24-21(27)25-8-3-4-9-25/h1-2,6-7,12-13H,3-5,8-11H2,(H,23,26)(H,24,27). The van der Waals surface area contributed by atoms with Crippen molar-refractivity contribution in [1.82, 2.24) is 4.90 Å². The second-order valence-corrected chi connectivity index (χ2v) is 7.37. The van der Waals surface area contributed by atoms with Crippen molar-refractivity contribution in [3.8, 4) is 11.5 Å². The second kappa shape index (κ2) is 8.61. The minimum Gasteiger partial charge on any atom is -0.489 e. The SMILES string of the molecule is O=C(Nc1ccccc1NC(=O)N1CCCC1)c1cc(Cl)c2c(c1)OCCCO2. The van der Waals surface area contributed by atoms with E-state index in [0.717, 1.165) is 32.4 Å². The Balaban J connectivity index is 1.52. The number of likely N-dealkylation sites (tertiary alicyclic amines) is 1. The van der Waals surface area contributed by atoms with Gasteiger partial charge in [0.25, 0.3) is 5.91 Å². The van der Waals surface area contributed by atoms with Crippen LogP contribution >= 0.6 is 11.6 Å². The maximum absolute atomic E-state index is 12.8. The van der Waals surface area contributed by atoms with E-state index < -0.39 is 0 Å². The van der Waals surface area contributed by atoms with Crippen molar-refractivity contribution >= 4 is 34.9 Å². The van der Waals surface area contributed by atoms with E-state index in [9.17, 15) is 9.59 Å². The molecule has 0 bridgehead atoms. The fourth-order valence-corrected chi connectivity index (χ4v) is 3.64. The average Bonchev–Trinajstić information content (AvgIpc) is 3.15. The maximum Gasteiger partial charge on any atom is 0.321 e. The number of hydrogen-bond donors (Lipinski definition) is 2. The lowest BCUT2D eigenvalue weighted by atomic mass is 10.1. The molecule has 1 saturated heterocycles. The van der Waals surface area contributed by atoms with Gasteiger partial charge in [-0.25, -0.2) is 4.79 Å². The van der Waals surface area contributed by atoms with Crippen LogP contribution in [0.3, 0.4) is 0 Å². The number of carbonyl (C=O) groups is 2. The van der Waals surface area contributed by atoms with Crippen LogP contribution in [-0.4, -0.2) is 43.1 Å². The first-order valence-corrected chi connectivity index (χ1v) is 10.0. The molecule has 2 N–H and O–H groups in total. The van der Waals surface area contributed by atoms with Crippen LogP contribution in [0.4, 0.5) is 16.2 Å². The van der Waals surface area contributed by atoms with E-state index in [4.69, 9.17) is 21.1 Å². The summed E-state index contributed by atoms with van der Waals surface area (Å²) in [5.41, 5.74) is 1.39. The Bertz CT molecular complexity index is 928. The molecule has 8 heteroatoms. The zero-order chi connectivity index (χ0) is 20.2. The van der Waals surface area contributed by atoms with Gasteiger partial charge < -0.3 is 25.0 Å². The average molecular weight is 416 g/mol. The zero-order valence-electron chi connectivity index (χ0n) is 15.9. The lowest BCUT2D eigenvalue weighted by molar-refractivity contribution is 0.102. The first-order chi connectivity index (χ1) is 14.1. The van der Waals surface area contributed by atoms with Crippen LogP contribution in [0.15, 0.2) is 36.4 Å². The van der Waals surface area contributed by atoms with E-state index in [0.29, 0.717) is 46.7 Å². The molecule has 1 fully saturated rings. The number of amides is 3. The predicted octanol–water partition coefficient (Wildman–Crippen LogP) is 4.38. The molecular formula is C21H22ClN3O4. The first-order valence-electron chi connectivity index (χ1n) is 9.67. The minimum absolute atomic E-state index is 0.164. The number of hydrogen-bond acceptors (Lipinski definition) is 4. The molecule has 152 valence electrons. The highest BCUT2D eigenvalue weighted by molar-refractivity contribution is 6.32.